The molecule has 0 atom stereocenters. The molecule has 0 aliphatic carbocycles. The van der Waals surface area contributed by atoms with Gasteiger partial charge in [0.2, 0.25) is 0 Å². The SMILES string of the molecule is O=[N+]([O-])c1c(Cl)cccc1Nc1ccc2ccccc2c1. The van der Waals surface area contributed by atoms with Crippen molar-refractivity contribution in [3.63, 3.8) is 0 Å². The van der Waals surface area contributed by atoms with Crippen LogP contribution in [0.4, 0.5) is 17.1 Å². The summed E-state index contributed by atoms with van der Waals surface area (Å²) in [4.78, 5) is 10.6. The molecule has 0 aliphatic heterocycles. The molecule has 0 spiro atoms. The summed E-state index contributed by atoms with van der Waals surface area (Å²) in [6.07, 6.45) is 0. The van der Waals surface area contributed by atoms with E-state index in [4.69, 9.17) is 11.6 Å². The molecule has 0 heterocycles. The first kappa shape index (κ1) is 13.4. The van der Waals surface area contributed by atoms with Crippen LogP contribution in [0, 0.1) is 10.1 Å². The van der Waals surface area contributed by atoms with Crippen LogP contribution in [0.2, 0.25) is 5.02 Å². The molecule has 5 heteroatoms. The van der Waals surface area contributed by atoms with E-state index in [9.17, 15) is 10.1 Å². The van der Waals surface area contributed by atoms with E-state index in [0.717, 1.165) is 16.5 Å². The highest BCUT2D eigenvalue weighted by molar-refractivity contribution is 6.33. The van der Waals surface area contributed by atoms with Crippen LogP contribution in [0.15, 0.2) is 60.7 Å². The Morgan fingerprint density at radius 3 is 2.48 bits per heavy atom. The van der Waals surface area contributed by atoms with Crippen molar-refractivity contribution < 1.29 is 4.92 Å². The second kappa shape index (κ2) is 5.42. The number of nitrogens with zero attached hydrogens (tertiary/aromatic N) is 1. The van der Waals surface area contributed by atoms with Crippen molar-refractivity contribution >= 4 is 39.4 Å². The molecule has 0 unspecified atom stereocenters. The van der Waals surface area contributed by atoms with Gasteiger partial charge < -0.3 is 5.32 Å². The van der Waals surface area contributed by atoms with Gasteiger partial charge in [0, 0.05) is 5.69 Å². The first-order valence-corrected chi connectivity index (χ1v) is 6.72. The quantitative estimate of drug-likeness (QED) is 0.537. The average molecular weight is 299 g/mol. The van der Waals surface area contributed by atoms with E-state index in [2.05, 4.69) is 5.32 Å². The Morgan fingerprint density at radius 2 is 1.71 bits per heavy atom. The Balaban J connectivity index is 2.02. The van der Waals surface area contributed by atoms with Crippen LogP contribution in [0.1, 0.15) is 0 Å². The topological polar surface area (TPSA) is 55.2 Å². The zero-order valence-electron chi connectivity index (χ0n) is 10.9. The third kappa shape index (κ3) is 2.66. The maximum atomic E-state index is 11.1. The van der Waals surface area contributed by atoms with Gasteiger partial charge in [-0.1, -0.05) is 48.0 Å². The number of nitro benzene ring substituents is 1. The summed E-state index contributed by atoms with van der Waals surface area (Å²) in [5.41, 5.74) is 1.04. The van der Waals surface area contributed by atoms with E-state index in [1.165, 1.54) is 6.07 Å². The van der Waals surface area contributed by atoms with Crippen LogP contribution < -0.4 is 5.32 Å². The lowest BCUT2D eigenvalue weighted by Gasteiger charge is -2.09. The van der Waals surface area contributed by atoms with Crippen molar-refractivity contribution in [1.29, 1.82) is 0 Å². The van der Waals surface area contributed by atoms with Crippen LogP contribution in [-0.4, -0.2) is 4.92 Å². The minimum Gasteiger partial charge on any atom is -0.350 e. The van der Waals surface area contributed by atoms with Crippen molar-refractivity contribution in [3.05, 3.63) is 75.8 Å². The molecule has 0 saturated carbocycles. The second-order valence-electron chi connectivity index (χ2n) is 4.58. The number of hydrogen-bond acceptors (Lipinski definition) is 3. The summed E-state index contributed by atoms with van der Waals surface area (Å²) in [6, 6.07) is 18.5. The first-order chi connectivity index (χ1) is 10.1. The van der Waals surface area contributed by atoms with Gasteiger partial charge in [-0.15, -0.1) is 0 Å². The van der Waals surface area contributed by atoms with Gasteiger partial charge >= 0.3 is 5.69 Å². The second-order valence-corrected chi connectivity index (χ2v) is 4.99. The van der Waals surface area contributed by atoms with Gasteiger partial charge in [-0.25, -0.2) is 0 Å². The zero-order valence-corrected chi connectivity index (χ0v) is 11.7. The van der Waals surface area contributed by atoms with Gasteiger partial charge in [0.1, 0.15) is 10.7 Å². The highest BCUT2D eigenvalue weighted by Crippen LogP contribution is 2.34. The molecule has 21 heavy (non-hydrogen) atoms. The third-order valence-corrected chi connectivity index (χ3v) is 3.50. The van der Waals surface area contributed by atoms with Gasteiger partial charge in [0.05, 0.1) is 4.92 Å². The number of para-hydroxylation sites is 1. The van der Waals surface area contributed by atoms with Crippen molar-refractivity contribution in [1.82, 2.24) is 0 Å². The summed E-state index contributed by atoms with van der Waals surface area (Å²) in [6.45, 7) is 0. The van der Waals surface area contributed by atoms with Crippen LogP contribution in [-0.2, 0) is 0 Å². The van der Waals surface area contributed by atoms with E-state index in [-0.39, 0.29) is 10.7 Å². The number of rotatable bonds is 3. The number of benzene rings is 3. The lowest BCUT2D eigenvalue weighted by Crippen LogP contribution is -1.97. The molecule has 4 nitrogen and oxygen atoms in total. The van der Waals surface area contributed by atoms with Crippen LogP contribution in [0.5, 0.6) is 0 Å². The van der Waals surface area contributed by atoms with Gasteiger partial charge in [-0.3, -0.25) is 10.1 Å². The lowest BCUT2D eigenvalue weighted by atomic mass is 10.1. The Kier molecular flexibility index (Phi) is 3.46. The highest BCUT2D eigenvalue weighted by Gasteiger charge is 2.18. The zero-order chi connectivity index (χ0) is 14.8. The first-order valence-electron chi connectivity index (χ1n) is 6.34. The molecule has 3 aromatic rings. The van der Waals surface area contributed by atoms with E-state index < -0.39 is 4.92 Å². The predicted octanol–water partition coefficient (Wildman–Crippen LogP) is 5.15. The molecule has 3 aromatic carbocycles. The Hall–Kier alpha value is -2.59. The Bertz CT molecular complexity index is 833. The van der Waals surface area contributed by atoms with Crippen LogP contribution >= 0.6 is 11.6 Å². The molecule has 104 valence electrons. The predicted molar refractivity (Wildman–Crippen MR) is 85.3 cm³/mol. The van der Waals surface area contributed by atoms with E-state index in [1.807, 2.05) is 42.5 Å². The fourth-order valence-electron chi connectivity index (χ4n) is 2.22. The molecule has 0 radical (unpaired) electrons. The maximum absolute atomic E-state index is 11.1. The molecule has 0 fully saturated rings. The summed E-state index contributed by atoms with van der Waals surface area (Å²) in [5.74, 6) is 0. The molecule has 0 aliphatic rings. The molecular weight excluding hydrogens is 288 g/mol. The standard InChI is InChI=1S/C16H11ClN2O2/c17-14-6-3-7-15(16(14)19(20)21)18-13-9-8-11-4-1-2-5-12(11)10-13/h1-10,18H. The number of nitrogens with one attached hydrogen (secondary N) is 1. The normalized spacial score (nSPS) is 10.5. The van der Waals surface area contributed by atoms with Crippen molar-refractivity contribution in [2.45, 2.75) is 0 Å². The number of halogens is 1. The fourth-order valence-corrected chi connectivity index (χ4v) is 2.47. The maximum Gasteiger partial charge on any atom is 0.311 e. The van der Waals surface area contributed by atoms with Gasteiger partial charge in [-0.05, 0) is 35.0 Å². The van der Waals surface area contributed by atoms with Crippen molar-refractivity contribution in [2.24, 2.45) is 0 Å². The molecule has 0 bridgehead atoms. The number of anilines is 2. The summed E-state index contributed by atoms with van der Waals surface area (Å²) in [5, 5.41) is 16.5. The summed E-state index contributed by atoms with van der Waals surface area (Å²) in [7, 11) is 0. The molecule has 0 amide bonds. The van der Waals surface area contributed by atoms with Gasteiger partial charge in [0.25, 0.3) is 0 Å². The van der Waals surface area contributed by atoms with Gasteiger partial charge in [-0.2, -0.15) is 0 Å². The lowest BCUT2D eigenvalue weighted by molar-refractivity contribution is -0.383. The largest absolute Gasteiger partial charge is 0.350 e. The number of fused-ring (bicyclic) bond motifs is 1. The number of hydrogen-bond donors (Lipinski definition) is 1. The Morgan fingerprint density at radius 1 is 0.952 bits per heavy atom. The van der Waals surface area contributed by atoms with E-state index >= 15 is 0 Å². The van der Waals surface area contributed by atoms with E-state index in [0.29, 0.717) is 5.69 Å². The minimum atomic E-state index is -0.480. The average Bonchev–Trinajstić information content (AvgIpc) is 2.47. The van der Waals surface area contributed by atoms with Crippen molar-refractivity contribution in [2.75, 3.05) is 5.32 Å². The monoisotopic (exact) mass is 298 g/mol. The van der Waals surface area contributed by atoms with Crippen LogP contribution in [0.3, 0.4) is 0 Å². The smallest absolute Gasteiger partial charge is 0.311 e. The molecule has 1 N–H and O–H groups in total. The van der Waals surface area contributed by atoms with Crippen molar-refractivity contribution in [3.8, 4) is 0 Å². The van der Waals surface area contributed by atoms with Crippen LogP contribution in [0.25, 0.3) is 10.8 Å². The molecule has 3 rings (SSSR count). The molecular formula is C16H11ClN2O2. The molecule has 0 saturated heterocycles. The van der Waals surface area contributed by atoms with E-state index in [1.54, 1.807) is 12.1 Å². The van der Waals surface area contributed by atoms with Gasteiger partial charge in [0.15, 0.2) is 0 Å². The fraction of sp³-hybridized carbons (Fsp3) is 0. The third-order valence-electron chi connectivity index (χ3n) is 3.20. The number of nitro groups is 1. The Labute approximate surface area is 126 Å². The molecule has 0 aromatic heterocycles. The summed E-state index contributed by atoms with van der Waals surface area (Å²) >= 11 is 5.90. The summed E-state index contributed by atoms with van der Waals surface area (Å²) < 4.78 is 0. The minimum absolute atomic E-state index is 0.116. The highest BCUT2D eigenvalue weighted by atomic mass is 35.5.